The Labute approximate surface area is 121 Å². The van der Waals surface area contributed by atoms with Gasteiger partial charge in [-0.1, -0.05) is 18.2 Å². The summed E-state index contributed by atoms with van der Waals surface area (Å²) in [6.45, 7) is 1.50. The van der Waals surface area contributed by atoms with Crippen molar-refractivity contribution >= 4 is 5.78 Å². The summed E-state index contributed by atoms with van der Waals surface area (Å²) in [5.74, 6) is -1.78. The van der Waals surface area contributed by atoms with Crippen LogP contribution in [-0.4, -0.2) is 11.9 Å². The lowest BCUT2D eigenvalue weighted by atomic mass is 10.00. The maximum absolute atomic E-state index is 14.0. The van der Waals surface area contributed by atoms with Crippen molar-refractivity contribution in [2.75, 3.05) is 0 Å². The highest BCUT2D eigenvalue weighted by atomic mass is 19.1. The number of ketones is 1. The van der Waals surface area contributed by atoms with Crippen LogP contribution in [0.15, 0.2) is 36.4 Å². The van der Waals surface area contributed by atoms with Crippen LogP contribution in [0.25, 0.3) is 0 Å². The number of benzene rings is 2. The van der Waals surface area contributed by atoms with E-state index in [1.54, 1.807) is 12.1 Å². The standard InChI is InChI=1S/C17H14F2O2/c1-10-5-8-14(18)15(16(10)19)17(20)11-3-2-4-13(9-11)21-12-6-7-12/h2-5,8-9,12H,6-7H2,1H3. The van der Waals surface area contributed by atoms with Gasteiger partial charge in [-0.15, -0.1) is 0 Å². The highest BCUT2D eigenvalue weighted by Gasteiger charge is 2.24. The Hall–Kier alpha value is -2.23. The van der Waals surface area contributed by atoms with E-state index in [0.29, 0.717) is 5.75 Å². The Kier molecular flexibility index (Phi) is 3.45. The fourth-order valence-corrected chi connectivity index (χ4v) is 2.10. The lowest BCUT2D eigenvalue weighted by Gasteiger charge is -2.09. The number of aryl methyl sites for hydroxylation is 1. The van der Waals surface area contributed by atoms with Crippen molar-refractivity contribution in [2.24, 2.45) is 0 Å². The van der Waals surface area contributed by atoms with Crippen LogP contribution in [0.1, 0.15) is 34.3 Å². The summed E-state index contributed by atoms with van der Waals surface area (Å²) in [7, 11) is 0. The molecule has 1 aliphatic rings. The molecule has 2 aromatic carbocycles. The Morgan fingerprint density at radius 3 is 2.67 bits per heavy atom. The third-order valence-electron chi connectivity index (χ3n) is 3.43. The Bertz CT molecular complexity index is 706. The average molecular weight is 288 g/mol. The molecule has 2 nitrogen and oxygen atoms in total. The summed E-state index contributed by atoms with van der Waals surface area (Å²) in [6, 6.07) is 8.87. The molecule has 1 aliphatic carbocycles. The van der Waals surface area contributed by atoms with Gasteiger partial charge in [0.1, 0.15) is 17.4 Å². The number of hydrogen-bond acceptors (Lipinski definition) is 2. The molecule has 108 valence electrons. The zero-order valence-corrected chi connectivity index (χ0v) is 11.5. The molecule has 0 amide bonds. The van der Waals surface area contributed by atoms with E-state index in [1.807, 2.05) is 0 Å². The second kappa shape index (κ2) is 5.28. The molecule has 0 atom stereocenters. The van der Waals surface area contributed by atoms with Gasteiger partial charge in [0.15, 0.2) is 5.78 Å². The van der Waals surface area contributed by atoms with Gasteiger partial charge in [-0.3, -0.25) is 4.79 Å². The van der Waals surface area contributed by atoms with Crippen LogP contribution < -0.4 is 4.74 Å². The van der Waals surface area contributed by atoms with E-state index in [9.17, 15) is 13.6 Å². The molecule has 1 saturated carbocycles. The first-order valence-corrected chi connectivity index (χ1v) is 6.82. The third kappa shape index (κ3) is 2.79. The van der Waals surface area contributed by atoms with E-state index in [2.05, 4.69) is 0 Å². The minimum Gasteiger partial charge on any atom is -0.490 e. The van der Waals surface area contributed by atoms with E-state index in [1.165, 1.54) is 25.1 Å². The molecule has 0 unspecified atom stereocenters. The summed E-state index contributed by atoms with van der Waals surface area (Å²) < 4.78 is 33.4. The van der Waals surface area contributed by atoms with E-state index in [-0.39, 0.29) is 17.2 Å². The topological polar surface area (TPSA) is 26.3 Å². The summed E-state index contributed by atoms with van der Waals surface area (Å²) in [4.78, 5) is 12.4. The minimum atomic E-state index is -0.850. The molecule has 0 radical (unpaired) electrons. The van der Waals surface area contributed by atoms with Gasteiger partial charge in [0.05, 0.1) is 11.7 Å². The zero-order valence-electron chi connectivity index (χ0n) is 11.5. The van der Waals surface area contributed by atoms with Gasteiger partial charge < -0.3 is 4.74 Å². The zero-order chi connectivity index (χ0) is 15.0. The molecular formula is C17H14F2O2. The second-order valence-electron chi connectivity index (χ2n) is 5.23. The fraction of sp³-hybridized carbons (Fsp3) is 0.235. The molecule has 0 bridgehead atoms. The molecule has 0 N–H and O–H groups in total. The highest BCUT2D eigenvalue weighted by Crippen LogP contribution is 2.28. The second-order valence-corrected chi connectivity index (χ2v) is 5.23. The summed E-state index contributed by atoms with van der Waals surface area (Å²) in [5, 5.41) is 0. The molecule has 0 heterocycles. The van der Waals surface area contributed by atoms with Crippen molar-refractivity contribution in [2.45, 2.75) is 25.9 Å². The van der Waals surface area contributed by atoms with Gasteiger partial charge in [0.25, 0.3) is 0 Å². The maximum atomic E-state index is 14.0. The first-order valence-electron chi connectivity index (χ1n) is 6.82. The minimum absolute atomic E-state index is 0.197. The molecular weight excluding hydrogens is 274 g/mol. The van der Waals surface area contributed by atoms with Crippen LogP contribution in [0.5, 0.6) is 5.75 Å². The SMILES string of the molecule is Cc1ccc(F)c(C(=O)c2cccc(OC3CC3)c2)c1F. The van der Waals surface area contributed by atoms with Gasteiger partial charge in [0.2, 0.25) is 0 Å². The lowest BCUT2D eigenvalue weighted by molar-refractivity contribution is 0.103. The predicted octanol–water partition coefficient (Wildman–Crippen LogP) is 4.05. The van der Waals surface area contributed by atoms with Crippen molar-refractivity contribution in [3.63, 3.8) is 0 Å². The summed E-state index contributed by atoms with van der Waals surface area (Å²) >= 11 is 0. The van der Waals surface area contributed by atoms with E-state index in [0.717, 1.165) is 18.9 Å². The molecule has 0 saturated heterocycles. The molecule has 0 aliphatic heterocycles. The first kappa shape index (κ1) is 13.7. The molecule has 0 aromatic heterocycles. The van der Waals surface area contributed by atoms with Gasteiger partial charge in [0, 0.05) is 5.56 Å². The molecule has 2 aromatic rings. The van der Waals surface area contributed by atoms with E-state index in [4.69, 9.17) is 4.74 Å². The number of halogens is 2. The number of carbonyl (C=O) groups excluding carboxylic acids is 1. The van der Waals surface area contributed by atoms with Crippen LogP contribution in [0.3, 0.4) is 0 Å². The van der Waals surface area contributed by atoms with Crippen LogP contribution in [-0.2, 0) is 0 Å². The van der Waals surface area contributed by atoms with Gasteiger partial charge in [-0.2, -0.15) is 0 Å². The predicted molar refractivity (Wildman–Crippen MR) is 74.6 cm³/mol. The van der Waals surface area contributed by atoms with Gasteiger partial charge in [-0.05, 0) is 43.5 Å². The van der Waals surface area contributed by atoms with Gasteiger partial charge in [-0.25, -0.2) is 8.78 Å². The van der Waals surface area contributed by atoms with Crippen molar-refractivity contribution < 1.29 is 18.3 Å². The lowest BCUT2D eigenvalue weighted by Crippen LogP contribution is -2.09. The fourth-order valence-electron chi connectivity index (χ4n) is 2.10. The van der Waals surface area contributed by atoms with Crippen molar-refractivity contribution in [1.82, 2.24) is 0 Å². The van der Waals surface area contributed by atoms with Crippen molar-refractivity contribution in [3.05, 3.63) is 64.7 Å². The molecule has 0 spiro atoms. The Morgan fingerprint density at radius 1 is 1.19 bits per heavy atom. The molecule has 1 fully saturated rings. The number of carbonyl (C=O) groups is 1. The monoisotopic (exact) mass is 288 g/mol. The van der Waals surface area contributed by atoms with E-state index >= 15 is 0 Å². The largest absolute Gasteiger partial charge is 0.490 e. The van der Waals surface area contributed by atoms with Crippen LogP contribution in [0.4, 0.5) is 8.78 Å². The maximum Gasteiger partial charge on any atom is 0.199 e. The van der Waals surface area contributed by atoms with Crippen LogP contribution in [0.2, 0.25) is 0 Å². The third-order valence-corrected chi connectivity index (χ3v) is 3.43. The normalized spacial score (nSPS) is 14.0. The van der Waals surface area contributed by atoms with Crippen molar-refractivity contribution in [3.8, 4) is 5.75 Å². The van der Waals surface area contributed by atoms with Gasteiger partial charge >= 0.3 is 0 Å². The molecule has 3 rings (SSSR count). The highest BCUT2D eigenvalue weighted by molar-refractivity contribution is 6.09. The van der Waals surface area contributed by atoms with Crippen LogP contribution in [0, 0.1) is 18.6 Å². The van der Waals surface area contributed by atoms with E-state index < -0.39 is 23.0 Å². The summed E-state index contributed by atoms with van der Waals surface area (Å²) in [6.07, 6.45) is 2.20. The Balaban J connectivity index is 1.96. The Morgan fingerprint density at radius 2 is 1.95 bits per heavy atom. The first-order chi connectivity index (χ1) is 10.1. The smallest absolute Gasteiger partial charge is 0.199 e. The number of hydrogen-bond donors (Lipinski definition) is 0. The molecule has 21 heavy (non-hydrogen) atoms. The number of rotatable bonds is 4. The molecule has 4 heteroatoms. The average Bonchev–Trinajstić information content (AvgIpc) is 3.27. The van der Waals surface area contributed by atoms with Crippen molar-refractivity contribution in [1.29, 1.82) is 0 Å². The number of ether oxygens (including phenoxy) is 1. The van der Waals surface area contributed by atoms with Crippen LogP contribution >= 0.6 is 0 Å². The summed E-state index contributed by atoms with van der Waals surface area (Å²) in [5.41, 5.74) is -0.0553. The quantitative estimate of drug-likeness (QED) is 0.793.